The van der Waals surface area contributed by atoms with Crippen LogP contribution in [-0.2, 0) is 11.4 Å². The van der Waals surface area contributed by atoms with Crippen molar-refractivity contribution in [1.82, 2.24) is 4.98 Å². The maximum Gasteiger partial charge on any atom is 0.371 e. The Balaban J connectivity index is 1.98. The Morgan fingerprint density at radius 2 is 1.90 bits per heavy atom. The summed E-state index contributed by atoms with van der Waals surface area (Å²) in [6, 6.07) is 9.03. The molecule has 0 aliphatic rings. The topological polar surface area (TPSA) is 79.7 Å². The van der Waals surface area contributed by atoms with Gasteiger partial charge in [-0.3, -0.25) is 4.98 Å². The second kappa shape index (κ2) is 6.51. The van der Waals surface area contributed by atoms with Crippen LogP contribution < -0.4 is 4.74 Å². The molecule has 2 N–H and O–H groups in total. The first-order valence-electron chi connectivity index (χ1n) is 6.02. The number of aliphatic carboxylic acids is 1. The van der Waals surface area contributed by atoms with E-state index >= 15 is 0 Å². The quantitative estimate of drug-likeness (QED) is 0.653. The number of ether oxygens (including phenoxy) is 1. The number of carboxylic acids is 1. The van der Waals surface area contributed by atoms with Crippen molar-refractivity contribution in [2.24, 2.45) is 0 Å². The second-order valence-corrected chi connectivity index (χ2v) is 4.17. The number of hydrogen-bond donors (Lipinski definition) is 2. The van der Waals surface area contributed by atoms with Gasteiger partial charge in [0.25, 0.3) is 0 Å². The SMILES string of the molecule is O=C(O)/C(O)=C/c1ccc(OCc2ccc(F)cc2)cn1. The van der Waals surface area contributed by atoms with Crippen molar-refractivity contribution in [1.29, 1.82) is 0 Å². The summed E-state index contributed by atoms with van der Waals surface area (Å²) >= 11 is 0. The molecule has 108 valence electrons. The van der Waals surface area contributed by atoms with Crippen LogP contribution in [0.2, 0.25) is 0 Å². The first-order valence-corrected chi connectivity index (χ1v) is 6.02. The van der Waals surface area contributed by atoms with E-state index in [9.17, 15) is 9.18 Å². The fraction of sp³-hybridized carbons (Fsp3) is 0.0667. The van der Waals surface area contributed by atoms with Gasteiger partial charge in [-0.05, 0) is 29.8 Å². The Morgan fingerprint density at radius 3 is 2.48 bits per heavy atom. The number of aliphatic hydroxyl groups excluding tert-OH is 1. The summed E-state index contributed by atoms with van der Waals surface area (Å²) in [7, 11) is 0. The van der Waals surface area contributed by atoms with Crippen LogP contribution in [0.3, 0.4) is 0 Å². The number of aliphatic hydroxyl groups is 1. The van der Waals surface area contributed by atoms with Gasteiger partial charge >= 0.3 is 5.97 Å². The first-order chi connectivity index (χ1) is 10.0. The van der Waals surface area contributed by atoms with Gasteiger partial charge in [0.05, 0.1) is 11.9 Å². The lowest BCUT2D eigenvalue weighted by atomic mass is 10.2. The van der Waals surface area contributed by atoms with E-state index < -0.39 is 11.7 Å². The molecule has 1 aromatic heterocycles. The van der Waals surface area contributed by atoms with Gasteiger partial charge in [0.15, 0.2) is 0 Å². The number of pyridine rings is 1. The maximum absolute atomic E-state index is 12.7. The summed E-state index contributed by atoms with van der Waals surface area (Å²) in [6.45, 7) is 0.261. The highest BCUT2D eigenvalue weighted by Crippen LogP contribution is 2.13. The molecule has 21 heavy (non-hydrogen) atoms. The zero-order valence-electron chi connectivity index (χ0n) is 10.9. The van der Waals surface area contributed by atoms with Crippen LogP contribution in [0.15, 0.2) is 48.4 Å². The predicted molar refractivity (Wildman–Crippen MR) is 73.2 cm³/mol. The minimum Gasteiger partial charge on any atom is -0.502 e. The summed E-state index contributed by atoms with van der Waals surface area (Å²) in [4.78, 5) is 14.4. The zero-order chi connectivity index (χ0) is 15.2. The third-order valence-electron chi connectivity index (χ3n) is 2.58. The standard InChI is InChI=1S/C15H12FNO4/c16-11-3-1-10(2-4-11)9-21-13-6-5-12(17-8-13)7-14(18)15(19)20/h1-8,18H,9H2,(H,19,20)/b14-7-. The van der Waals surface area contributed by atoms with E-state index in [1.54, 1.807) is 18.2 Å². The highest BCUT2D eigenvalue weighted by Gasteiger charge is 2.04. The van der Waals surface area contributed by atoms with Crippen LogP contribution in [0.5, 0.6) is 5.75 Å². The average Bonchev–Trinajstić information content (AvgIpc) is 2.48. The summed E-state index contributed by atoms with van der Waals surface area (Å²) in [5.41, 5.74) is 1.10. The minimum atomic E-state index is -1.42. The molecule has 0 radical (unpaired) electrons. The van der Waals surface area contributed by atoms with Crippen LogP contribution in [0.25, 0.3) is 6.08 Å². The average molecular weight is 289 g/mol. The molecular formula is C15H12FNO4. The molecule has 0 bridgehead atoms. The van der Waals surface area contributed by atoms with Crippen molar-refractivity contribution >= 4 is 12.0 Å². The van der Waals surface area contributed by atoms with Crippen molar-refractivity contribution < 1.29 is 24.1 Å². The molecule has 0 fully saturated rings. The van der Waals surface area contributed by atoms with Crippen molar-refractivity contribution in [2.75, 3.05) is 0 Å². The Hall–Kier alpha value is -2.89. The number of rotatable bonds is 5. The van der Waals surface area contributed by atoms with Crippen molar-refractivity contribution in [3.63, 3.8) is 0 Å². The predicted octanol–water partition coefficient (Wildman–Crippen LogP) is 2.78. The Morgan fingerprint density at radius 1 is 1.19 bits per heavy atom. The second-order valence-electron chi connectivity index (χ2n) is 4.17. The lowest BCUT2D eigenvalue weighted by Crippen LogP contribution is -1.99. The molecule has 5 nitrogen and oxygen atoms in total. The molecular weight excluding hydrogens is 277 g/mol. The van der Waals surface area contributed by atoms with Gasteiger partial charge in [-0.15, -0.1) is 0 Å². The molecule has 2 rings (SSSR count). The fourth-order valence-electron chi connectivity index (χ4n) is 1.51. The molecule has 0 aliphatic carbocycles. The van der Waals surface area contributed by atoms with E-state index in [0.29, 0.717) is 11.4 Å². The normalized spacial score (nSPS) is 11.2. The number of carbonyl (C=O) groups is 1. The Labute approximate surface area is 120 Å². The van der Waals surface area contributed by atoms with Gasteiger partial charge in [-0.25, -0.2) is 9.18 Å². The summed E-state index contributed by atoms with van der Waals surface area (Å²) in [6.07, 6.45) is 2.44. The third-order valence-corrected chi connectivity index (χ3v) is 2.58. The van der Waals surface area contributed by atoms with E-state index in [0.717, 1.165) is 11.6 Å². The number of halogens is 1. The van der Waals surface area contributed by atoms with E-state index in [1.807, 2.05) is 0 Å². The smallest absolute Gasteiger partial charge is 0.371 e. The van der Waals surface area contributed by atoms with Crippen molar-refractivity contribution in [2.45, 2.75) is 6.61 Å². The molecule has 1 aromatic carbocycles. The van der Waals surface area contributed by atoms with Gasteiger partial charge < -0.3 is 14.9 Å². The van der Waals surface area contributed by atoms with E-state index in [4.69, 9.17) is 14.9 Å². The Kier molecular flexibility index (Phi) is 4.50. The van der Waals surface area contributed by atoms with Crippen LogP contribution in [0, 0.1) is 5.82 Å². The highest BCUT2D eigenvalue weighted by molar-refractivity contribution is 5.88. The van der Waals surface area contributed by atoms with Gasteiger partial charge in [-0.2, -0.15) is 0 Å². The van der Waals surface area contributed by atoms with E-state index in [2.05, 4.69) is 4.98 Å². The summed E-state index contributed by atoms with van der Waals surface area (Å²) in [5.74, 6) is -2.04. The van der Waals surface area contributed by atoms with Crippen LogP contribution in [-0.4, -0.2) is 21.2 Å². The van der Waals surface area contributed by atoms with E-state index in [-0.39, 0.29) is 12.4 Å². The van der Waals surface area contributed by atoms with E-state index in [1.165, 1.54) is 24.4 Å². The monoisotopic (exact) mass is 289 g/mol. The molecule has 0 amide bonds. The zero-order valence-corrected chi connectivity index (χ0v) is 10.9. The van der Waals surface area contributed by atoms with Crippen LogP contribution >= 0.6 is 0 Å². The van der Waals surface area contributed by atoms with Gasteiger partial charge in [0.1, 0.15) is 18.2 Å². The third kappa shape index (κ3) is 4.31. The number of benzene rings is 1. The molecule has 0 atom stereocenters. The molecule has 0 saturated carbocycles. The lowest BCUT2D eigenvalue weighted by molar-refractivity contribution is -0.135. The fourth-order valence-corrected chi connectivity index (χ4v) is 1.51. The van der Waals surface area contributed by atoms with Gasteiger partial charge in [0.2, 0.25) is 5.76 Å². The number of hydrogen-bond acceptors (Lipinski definition) is 4. The molecule has 1 heterocycles. The molecule has 0 aliphatic heterocycles. The molecule has 2 aromatic rings. The molecule has 0 saturated heterocycles. The van der Waals surface area contributed by atoms with Gasteiger partial charge in [-0.1, -0.05) is 12.1 Å². The van der Waals surface area contributed by atoms with Crippen molar-refractivity contribution in [3.05, 3.63) is 65.4 Å². The van der Waals surface area contributed by atoms with Crippen LogP contribution in [0.1, 0.15) is 11.3 Å². The Bertz CT molecular complexity index is 650. The first kappa shape index (κ1) is 14.5. The number of nitrogens with zero attached hydrogens (tertiary/aromatic N) is 1. The highest BCUT2D eigenvalue weighted by atomic mass is 19.1. The van der Waals surface area contributed by atoms with Gasteiger partial charge in [0, 0.05) is 6.08 Å². The maximum atomic E-state index is 12.7. The molecule has 6 heteroatoms. The van der Waals surface area contributed by atoms with Crippen molar-refractivity contribution in [3.8, 4) is 5.75 Å². The largest absolute Gasteiger partial charge is 0.502 e. The summed E-state index contributed by atoms with van der Waals surface area (Å²) < 4.78 is 18.2. The summed E-state index contributed by atoms with van der Waals surface area (Å²) in [5, 5.41) is 17.6. The van der Waals surface area contributed by atoms with Crippen LogP contribution in [0.4, 0.5) is 4.39 Å². The lowest BCUT2D eigenvalue weighted by Gasteiger charge is -2.06. The number of carboxylic acid groups (broad SMARTS) is 1. The number of aromatic nitrogens is 1. The molecule has 0 unspecified atom stereocenters. The molecule has 0 spiro atoms. The minimum absolute atomic E-state index is 0.261.